The van der Waals surface area contributed by atoms with E-state index in [2.05, 4.69) is 0 Å². The Kier molecular flexibility index (Phi) is 5.74. The largest absolute Gasteiger partial charge is 0.496 e. The van der Waals surface area contributed by atoms with Crippen LogP contribution >= 0.6 is 7.14 Å². The van der Waals surface area contributed by atoms with Crippen molar-refractivity contribution in [1.82, 2.24) is 0 Å². The highest BCUT2D eigenvalue weighted by atomic mass is 31.2. The van der Waals surface area contributed by atoms with E-state index in [-0.39, 0.29) is 12.2 Å². The topological polar surface area (TPSA) is 52.6 Å². The van der Waals surface area contributed by atoms with E-state index in [4.69, 9.17) is 9.47 Å². The Bertz CT molecular complexity index is 759. The number of ether oxygens (including phenoxy) is 2. The van der Waals surface area contributed by atoms with Crippen molar-refractivity contribution in [2.75, 3.05) is 14.2 Å². The number of carbonyl (C=O) groups excluding carboxylic acids is 1. The van der Waals surface area contributed by atoms with Crippen LogP contribution < -0.4 is 20.1 Å². The van der Waals surface area contributed by atoms with E-state index in [1.807, 2.05) is 50.2 Å². The lowest BCUT2D eigenvalue weighted by Crippen LogP contribution is -2.35. The van der Waals surface area contributed by atoms with Crippen LogP contribution in [0.25, 0.3) is 0 Å². The summed E-state index contributed by atoms with van der Waals surface area (Å²) in [4.78, 5) is 11.9. The second kappa shape index (κ2) is 7.45. The van der Waals surface area contributed by atoms with Gasteiger partial charge < -0.3 is 14.0 Å². The number of rotatable bonds is 7. The van der Waals surface area contributed by atoms with Crippen LogP contribution in [0.1, 0.15) is 27.2 Å². The zero-order valence-corrected chi connectivity index (χ0v) is 16.3. The molecule has 2 aromatic carbocycles. The van der Waals surface area contributed by atoms with Gasteiger partial charge in [0.05, 0.1) is 24.8 Å². The van der Waals surface area contributed by atoms with Gasteiger partial charge in [-0.05, 0) is 31.2 Å². The molecule has 2 rings (SSSR count). The molecule has 0 unspecified atom stereocenters. The Hall–Kier alpha value is -2.06. The number of hydrogen-bond acceptors (Lipinski definition) is 4. The molecule has 0 aromatic heterocycles. The van der Waals surface area contributed by atoms with Crippen molar-refractivity contribution < 1.29 is 18.8 Å². The van der Waals surface area contributed by atoms with Crippen LogP contribution in [0.5, 0.6) is 11.5 Å². The van der Waals surface area contributed by atoms with Gasteiger partial charge in [-0.1, -0.05) is 38.1 Å². The summed E-state index contributed by atoms with van der Waals surface area (Å²) in [6.07, 6.45) is 0.195. The summed E-state index contributed by atoms with van der Waals surface area (Å²) >= 11 is 0. The summed E-state index contributed by atoms with van der Waals surface area (Å²) in [6.45, 7) is 5.26. The molecule has 0 aliphatic rings. The number of carbonyl (C=O) groups is 1. The highest BCUT2D eigenvalue weighted by Gasteiger charge is 2.47. The number of methoxy groups -OCH3 is 2. The molecule has 0 radical (unpaired) electrons. The van der Waals surface area contributed by atoms with E-state index in [9.17, 15) is 9.36 Å². The highest BCUT2D eigenvalue weighted by Crippen LogP contribution is 2.60. The lowest BCUT2D eigenvalue weighted by molar-refractivity contribution is -0.117. The first-order chi connectivity index (χ1) is 11.8. The van der Waals surface area contributed by atoms with E-state index >= 15 is 0 Å². The minimum atomic E-state index is -3.26. The summed E-state index contributed by atoms with van der Waals surface area (Å²) < 4.78 is 25.6. The molecular formula is C20H25O4P. The van der Waals surface area contributed by atoms with Gasteiger partial charge in [-0.3, -0.25) is 4.79 Å². The van der Waals surface area contributed by atoms with Crippen LogP contribution in [0.3, 0.4) is 0 Å². The maximum absolute atomic E-state index is 14.6. The molecule has 0 aliphatic heterocycles. The normalized spacial score (nSPS) is 11.9. The van der Waals surface area contributed by atoms with Gasteiger partial charge in [-0.15, -0.1) is 0 Å². The lowest BCUT2D eigenvalue weighted by Gasteiger charge is -2.36. The number of hydrogen-bond donors (Lipinski definition) is 0. The van der Waals surface area contributed by atoms with Crippen LogP contribution in [0, 0.1) is 0 Å². The van der Waals surface area contributed by atoms with Crippen LogP contribution in [-0.4, -0.2) is 25.2 Å². The van der Waals surface area contributed by atoms with Crippen LogP contribution in [0.4, 0.5) is 0 Å². The quantitative estimate of drug-likeness (QED) is 0.705. The van der Waals surface area contributed by atoms with Crippen molar-refractivity contribution in [3.63, 3.8) is 0 Å². The molecule has 0 atom stereocenters. The molecule has 134 valence electrons. The van der Waals surface area contributed by atoms with Gasteiger partial charge in [0.25, 0.3) is 0 Å². The molecule has 0 fully saturated rings. The minimum absolute atomic E-state index is 0.00461. The maximum atomic E-state index is 14.6. The second-order valence-electron chi connectivity index (χ2n) is 6.64. The molecule has 0 aliphatic carbocycles. The van der Waals surface area contributed by atoms with Crippen molar-refractivity contribution >= 4 is 23.5 Å². The van der Waals surface area contributed by atoms with Gasteiger partial charge in [0.15, 0.2) is 7.14 Å². The molecule has 25 heavy (non-hydrogen) atoms. The number of Topliss-reactive ketones (excluding diaryl/α,β-unsaturated/α-hetero) is 1. The second-order valence-corrected chi connectivity index (χ2v) is 10.0. The SMILES string of the molecule is COc1ccccc1P(=O)(c1ccccc1OC)C(C)(C)CC(C)=O. The summed E-state index contributed by atoms with van der Waals surface area (Å²) in [7, 11) is -0.142. The third kappa shape index (κ3) is 3.50. The van der Waals surface area contributed by atoms with E-state index in [1.54, 1.807) is 26.4 Å². The summed E-state index contributed by atoms with van der Waals surface area (Å²) in [5.74, 6) is 1.09. The fourth-order valence-corrected chi connectivity index (χ4v) is 6.84. The van der Waals surface area contributed by atoms with E-state index in [1.165, 1.54) is 6.92 Å². The van der Waals surface area contributed by atoms with Crippen molar-refractivity contribution in [3.8, 4) is 11.5 Å². The first kappa shape index (κ1) is 19.3. The average Bonchev–Trinajstić information content (AvgIpc) is 2.59. The third-order valence-electron chi connectivity index (χ3n) is 4.38. The van der Waals surface area contributed by atoms with Crippen LogP contribution in [0.2, 0.25) is 0 Å². The van der Waals surface area contributed by atoms with Gasteiger partial charge in [0.2, 0.25) is 0 Å². The molecule has 4 nitrogen and oxygen atoms in total. The molecule has 0 bridgehead atoms. The Balaban J connectivity index is 2.85. The van der Waals surface area contributed by atoms with E-state index in [0.29, 0.717) is 22.1 Å². The Morgan fingerprint density at radius 3 is 1.68 bits per heavy atom. The Labute approximate surface area is 149 Å². The maximum Gasteiger partial charge on any atom is 0.156 e. The van der Waals surface area contributed by atoms with Gasteiger partial charge in [0, 0.05) is 11.6 Å². The van der Waals surface area contributed by atoms with Crippen molar-refractivity contribution in [2.45, 2.75) is 32.3 Å². The predicted molar refractivity (Wildman–Crippen MR) is 102 cm³/mol. The Morgan fingerprint density at radius 1 is 0.920 bits per heavy atom. The zero-order chi connectivity index (χ0) is 18.7. The molecule has 0 amide bonds. The van der Waals surface area contributed by atoms with E-state index in [0.717, 1.165) is 0 Å². The highest BCUT2D eigenvalue weighted by molar-refractivity contribution is 7.80. The van der Waals surface area contributed by atoms with E-state index < -0.39 is 12.3 Å². The van der Waals surface area contributed by atoms with Crippen LogP contribution in [0.15, 0.2) is 48.5 Å². The number of para-hydroxylation sites is 2. The summed E-state index contributed by atoms with van der Waals surface area (Å²) in [6, 6.07) is 14.6. The smallest absolute Gasteiger partial charge is 0.156 e. The van der Waals surface area contributed by atoms with Crippen molar-refractivity contribution in [2.24, 2.45) is 0 Å². The Morgan fingerprint density at radius 2 is 1.32 bits per heavy atom. The molecule has 5 heteroatoms. The standard InChI is InChI=1S/C20H25O4P/c1-15(21)14-20(2,3)25(22,18-12-8-6-10-16(18)23-4)19-13-9-7-11-17(19)24-5/h6-13H,14H2,1-5H3. The van der Waals surface area contributed by atoms with Crippen molar-refractivity contribution in [3.05, 3.63) is 48.5 Å². The first-order valence-electron chi connectivity index (χ1n) is 8.14. The molecule has 0 N–H and O–H groups in total. The lowest BCUT2D eigenvalue weighted by atomic mass is 10.1. The van der Waals surface area contributed by atoms with Crippen molar-refractivity contribution in [1.29, 1.82) is 0 Å². The average molecular weight is 360 g/mol. The minimum Gasteiger partial charge on any atom is -0.496 e. The number of ketones is 1. The molecule has 0 heterocycles. The molecule has 0 saturated carbocycles. The molecule has 0 spiro atoms. The summed E-state index contributed by atoms with van der Waals surface area (Å²) in [5.41, 5.74) is 0. The molecule has 2 aromatic rings. The first-order valence-corrected chi connectivity index (χ1v) is 9.85. The molecule has 0 saturated heterocycles. The third-order valence-corrected chi connectivity index (χ3v) is 8.34. The van der Waals surface area contributed by atoms with Gasteiger partial charge in [-0.25, -0.2) is 0 Å². The predicted octanol–water partition coefficient (Wildman–Crippen LogP) is 3.78. The van der Waals surface area contributed by atoms with Gasteiger partial charge in [0.1, 0.15) is 17.3 Å². The fraction of sp³-hybridized carbons (Fsp3) is 0.350. The van der Waals surface area contributed by atoms with Crippen LogP contribution in [-0.2, 0) is 9.36 Å². The number of benzene rings is 2. The zero-order valence-electron chi connectivity index (χ0n) is 15.4. The van der Waals surface area contributed by atoms with Gasteiger partial charge >= 0.3 is 0 Å². The molecular weight excluding hydrogens is 335 g/mol. The monoisotopic (exact) mass is 360 g/mol. The van der Waals surface area contributed by atoms with Gasteiger partial charge in [-0.2, -0.15) is 0 Å². The summed E-state index contributed by atoms with van der Waals surface area (Å²) in [5, 5.41) is 0.420. The fourth-order valence-electron chi connectivity index (χ4n) is 3.28.